The van der Waals surface area contributed by atoms with Crippen LogP contribution in [-0.4, -0.2) is 47.7 Å². The Kier molecular flexibility index (Phi) is 4.60. The molecular weight excluding hydrogens is 360 g/mol. The van der Waals surface area contributed by atoms with Crippen LogP contribution in [0.3, 0.4) is 0 Å². The lowest BCUT2D eigenvalue weighted by atomic mass is 10.1. The van der Waals surface area contributed by atoms with Crippen LogP contribution in [0.1, 0.15) is 6.92 Å². The molecule has 4 aromatic rings. The number of nitrogens with zero attached hydrogens (tertiary/aromatic N) is 4. The molecule has 2 heterocycles. The summed E-state index contributed by atoms with van der Waals surface area (Å²) in [6.07, 6.45) is 0. The number of rotatable bonds is 6. The molecule has 0 amide bonds. The van der Waals surface area contributed by atoms with Gasteiger partial charge in [-0.3, -0.25) is 0 Å². The van der Waals surface area contributed by atoms with Gasteiger partial charge in [0.15, 0.2) is 23.0 Å². The van der Waals surface area contributed by atoms with E-state index in [4.69, 9.17) is 18.9 Å². The van der Waals surface area contributed by atoms with Crippen LogP contribution in [-0.2, 0) is 0 Å². The molecule has 8 heteroatoms. The SMILES string of the molecule is CCOc1nn2c(-c3cc(OC)c(OC)cc3OC)nnc2c2ccccc12. The van der Waals surface area contributed by atoms with Gasteiger partial charge in [-0.1, -0.05) is 18.2 Å². The van der Waals surface area contributed by atoms with Crippen LogP contribution in [0.25, 0.3) is 27.8 Å². The Morgan fingerprint density at radius 3 is 2.21 bits per heavy atom. The van der Waals surface area contributed by atoms with E-state index < -0.39 is 0 Å². The van der Waals surface area contributed by atoms with Gasteiger partial charge >= 0.3 is 0 Å². The molecular formula is C20H20N4O4. The van der Waals surface area contributed by atoms with Crippen LogP contribution >= 0.6 is 0 Å². The highest BCUT2D eigenvalue weighted by molar-refractivity contribution is 5.97. The van der Waals surface area contributed by atoms with E-state index in [-0.39, 0.29) is 0 Å². The number of ether oxygens (including phenoxy) is 4. The monoisotopic (exact) mass is 380 g/mol. The van der Waals surface area contributed by atoms with Gasteiger partial charge < -0.3 is 18.9 Å². The Hall–Kier alpha value is -3.55. The third-order valence-corrected chi connectivity index (χ3v) is 4.46. The second kappa shape index (κ2) is 7.22. The topological polar surface area (TPSA) is 80.0 Å². The molecule has 28 heavy (non-hydrogen) atoms. The first-order chi connectivity index (χ1) is 13.7. The molecule has 2 aromatic carbocycles. The first-order valence-electron chi connectivity index (χ1n) is 8.79. The van der Waals surface area contributed by atoms with E-state index in [1.54, 1.807) is 38.0 Å². The van der Waals surface area contributed by atoms with Gasteiger partial charge in [0.1, 0.15) is 5.75 Å². The lowest BCUT2D eigenvalue weighted by Crippen LogP contribution is -2.03. The molecule has 0 N–H and O–H groups in total. The highest BCUT2D eigenvalue weighted by Crippen LogP contribution is 2.40. The maximum absolute atomic E-state index is 5.76. The van der Waals surface area contributed by atoms with E-state index in [0.29, 0.717) is 46.8 Å². The second-order valence-electron chi connectivity index (χ2n) is 5.95. The molecule has 0 unspecified atom stereocenters. The van der Waals surface area contributed by atoms with Gasteiger partial charge in [0, 0.05) is 16.8 Å². The number of fused-ring (bicyclic) bond motifs is 3. The largest absolute Gasteiger partial charge is 0.496 e. The van der Waals surface area contributed by atoms with E-state index in [2.05, 4.69) is 15.3 Å². The average Bonchev–Trinajstić information content (AvgIpc) is 3.17. The minimum absolute atomic E-state index is 0.500. The van der Waals surface area contributed by atoms with Crippen molar-refractivity contribution >= 4 is 16.4 Å². The second-order valence-corrected chi connectivity index (χ2v) is 5.95. The molecule has 0 spiro atoms. The number of benzene rings is 2. The van der Waals surface area contributed by atoms with E-state index in [1.807, 2.05) is 31.2 Å². The smallest absolute Gasteiger partial charge is 0.239 e. The van der Waals surface area contributed by atoms with Gasteiger partial charge in [-0.05, 0) is 19.1 Å². The molecule has 0 aliphatic rings. The van der Waals surface area contributed by atoms with Crippen molar-refractivity contribution in [1.29, 1.82) is 0 Å². The third-order valence-electron chi connectivity index (χ3n) is 4.46. The average molecular weight is 380 g/mol. The fraction of sp³-hybridized carbons (Fsp3) is 0.250. The van der Waals surface area contributed by atoms with Gasteiger partial charge in [-0.25, -0.2) is 0 Å². The quantitative estimate of drug-likeness (QED) is 0.507. The van der Waals surface area contributed by atoms with Crippen LogP contribution in [0, 0.1) is 0 Å². The highest BCUT2D eigenvalue weighted by Gasteiger charge is 2.21. The van der Waals surface area contributed by atoms with Gasteiger partial charge in [-0.15, -0.1) is 15.3 Å². The Balaban J connectivity index is 2.03. The fourth-order valence-electron chi connectivity index (χ4n) is 3.17. The van der Waals surface area contributed by atoms with Gasteiger partial charge in [0.2, 0.25) is 5.88 Å². The lowest BCUT2D eigenvalue weighted by Gasteiger charge is -2.13. The zero-order valence-corrected chi connectivity index (χ0v) is 16.1. The summed E-state index contributed by atoms with van der Waals surface area (Å²) in [7, 11) is 4.74. The predicted molar refractivity (Wildman–Crippen MR) is 105 cm³/mol. The molecule has 0 bridgehead atoms. The molecule has 0 aliphatic heterocycles. The molecule has 0 radical (unpaired) electrons. The molecule has 0 atom stereocenters. The van der Waals surface area contributed by atoms with Gasteiger partial charge in [0.05, 0.1) is 33.5 Å². The fourth-order valence-corrected chi connectivity index (χ4v) is 3.17. The first-order valence-corrected chi connectivity index (χ1v) is 8.79. The number of methoxy groups -OCH3 is 3. The molecule has 8 nitrogen and oxygen atoms in total. The zero-order chi connectivity index (χ0) is 19.7. The Bertz CT molecular complexity index is 1160. The zero-order valence-electron chi connectivity index (χ0n) is 16.1. The number of aromatic nitrogens is 4. The highest BCUT2D eigenvalue weighted by atomic mass is 16.5. The van der Waals surface area contributed by atoms with Crippen molar-refractivity contribution in [1.82, 2.24) is 19.8 Å². The van der Waals surface area contributed by atoms with E-state index >= 15 is 0 Å². The van der Waals surface area contributed by atoms with Crippen LogP contribution in [0.5, 0.6) is 23.1 Å². The maximum atomic E-state index is 5.76. The molecule has 0 fully saturated rings. The molecule has 0 saturated carbocycles. The van der Waals surface area contributed by atoms with Crippen molar-refractivity contribution in [3.05, 3.63) is 36.4 Å². The van der Waals surface area contributed by atoms with Crippen molar-refractivity contribution in [3.8, 4) is 34.5 Å². The molecule has 144 valence electrons. The summed E-state index contributed by atoms with van der Waals surface area (Å²) in [5.41, 5.74) is 1.31. The molecule has 2 aromatic heterocycles. The maximum Gasteiger partial charge on any atom is 0.239 e. The van der Waals surface area contributed by atoms with Gasteiger partial charge in [0.25, 0.3) is 0 Å². The van der Waals surface area contributed by atoms with Crippen molar-refractivity contribution in [2.24, 2.45) is 0 Å². The Labute approximate surface area is 161 Å². The predicted octanol–water partition coefficient (Wildman–Crippen LogP) is 3.37. The number of hydrogen-bond acceptors (Lipinski definition) is 7. The van der Waals surface area contributed by atoms with Crippen LogP contribution in [0.2, 0.25) is 0 Å². The van der Waals surface area contributed by atoms with Crippen molar-refractivity contribution in [3.63, 3.8) is 0 Å². The number of hydrogen-bond donors (Lipinski definition) is 0. The van der Waals surface area contributed by atoms with Crippen LogP contribution in [0.15, 0.2) is 36.4 Å². The summed E-state index contributed by atoms with van der Waals surface area (Å²) in [6, 6.07) is 11.4. The van der Waals surface area contributed by atoms with E-state index in [0.717, 1.165) is 10.8 Å². The van der Waals surface area contributed by atoms with Crippen molar-refractivity contribution in [2.45, 2.75) is 6.92 Å². The third kappa shape index (κ3) is 2.74. The minimum atomic E-state index is 0.500. The Morgan fingerprint density at radius 2 is 1.54 bits per heavy atom. The summed E-state index contributed by atoms with van der Waals surface area (Å²) >= 11 is 0. The van der Waals surface area contributed by atoms with Gasteiger partial charge in [-0.2, -0.15) is 4.52 Å². The summed E-state index contributed by atoms with van der Waals surface area (Å²) in [5.74, 6) is 2.72. The lowest BCUT2D eigenvalue weighted by molar-refractivity contribution is 0.326. The summed E-state index contributed by atoms with van der Waals surface area (Å²) in [5, 5.41) is 15.2. The normalized spacial score (nSPS) is 11.0. The molecule has 4 rings (SSSR count). The first kappa shape index (κ1) is 17.8. The van der Waals surface area contributed by atoms with E-state index in [1.165, 1.54) is 0 Å². The van der Waals surface area contributed by atoms with Crippen molar-refractivity contribution in [2.75, 3.05) is 27.9 Å². The molecule has 0 aliphatic carbocycles. The van der Waals surface area contributed by atoms with E-state index in [9.17, 15) is 0 Å². The standard InChI is InChI=1S/C20H20N4O4/c1-5-28-20-13-9-7-6-8-12(13)18-21-22-19(24(18)23-20)14-10-16(26-3)17(27-4)11-15(14)25-2/h6-11H,5H2,1-4H3. The summed E-state index contributed by atoms with van der Waals surface area (Å²) in [6.45, 7) is 2.42. The Morgan fingerprint density at radius 1 is 0.857 bits per heavy atom. The minimum Gasteiger partial charge on any atom is -0.496 e. The summed E-state index contributed by atoms with van der Waals surface area (Å²) in [4.78, 5) is 0. The van der Waals surface area contributed by atoms with Crippen LogP contribution in [0.4, 0.5) is 0 Å². The summed E-state index contributed by atoms with van der Waals surface area (Å²) < 4.78 is 23.8. The van der Waals surface area contributed by atoms with Crippen molar-refractivity contribution < 1.29 is 18.9 Å². The molecule has 0 saturated heterocycles. The van der Waals surface area contributed by atoms with Crippen LogP contribution < -0.4 is 18.9 Å².